The van der Waals surface area contributed by atoms with E-state index in [-0.39, 0.29) is 11.5 Å². The lowest BCUT2D eigenvalue weighted by Gasteiger charge is -2.01. The van der Waals surface area contributed by atoms with E-state index in [9.17, 15) is 13.2 Å². The van der Waals surface area contributed by atoms with Gasteiger partial charge in [0.1, 0.15) is 5.75 Å². The van der Waals surface area contributed by atoms with Gasteiger partial charge in [0.15, 0.2) is 15.6 Å². The van der Waals surface area contributed by atoms with Crippen molar-refractivity contribution < 1.29 is 13.2 Å². The van der Waals surface area contributed by atoms with E-state index in [2.05, 4.69) is 6.92 Å². The SMILES string of the molecule is CCCCCCCCSC1=CS(=O)(=O)CC1=O. The summed E-state index contributed by atoms with van der Waals surface area (Å²) in [6, 6.07) is 0. The summed E-state index contributed by atoms with van der Waals surface area (Å²) >= 11 is 1.39. The molecule has 0 aliphatic carbocycles. The van der Waals surface area contributed by atoms with Gasteiger partial charge in [-0.2, -0.15) is 0 Å². The Kier molecular flexibility index (Phi) is 6.27. The van der Waals surface area contributed by atoms with Crippen molar-refractivity contribution in [2.45, 2.75) is 45.4 Å². The molecule has 0 aromatic heterocycles. The van der Waals surface area contributed by atoms with E-state index in [1.165, 1.54) is 43.9 Å². The molecule has 5 heteroatoms. The first-order chi connectivity index (χ1) is 8.05. The minimum absolute atomic E-state index is 0.235. The number of sulfone groups is 1. The Bertz CT molecular complexity index is 383. The fourth-order valence-electron chi connectivity index (χ4n) is 1.70. The maximum Gasteiger partial charge on any atom is 0.185 e. The minimum atomic E-state index is -3.23. The maximum atomic E-state index is 11.3. The van der Waals surface area contributed by atoms with E-state index < -0.39 is 9.84 Å². The zero-order valence-corrected chi connectivity index (χ0v) is 11.9. The van der Waals surface area contributed by atoms with Crippen molar-refractivity contribution in [2.24, 2.45) is 0 Å². The summed E-state index contributed by atoms with van der Waals surface area (Å²) in [6.07, 6.45) is 7.26. The Balaban J connectivity index is 2.13. The molecule has 1 heterocycles. The molecule has 1 aliphatic rings. The number of ketones is 1. The van der Waals surface area contributed by atoms with Crippen LogP contribution in [-0.2, 0) is 14.6 Å². The van der Waals surface area contributed by atoms with Crippen LogP contribution in [0.25, 0.3) is 0 Å². The van der Waals surface area contributed by atoms with Crippen molar-refractivity contribution in [1.29, 1.82) is 0 Å². The average Bonchev–Trinajstić information content (AvgIpc) is 2.51. The van der Waals surface area contributed by atoms with Gasteiger partial charge in [-0.15, -0.1) is 11.8 Å². The summed E-state index contributed by atoms with van der Waals surface area (Å²) in [4.78, 5) is 11.8. The van der Waals surface area contributed by atoms with E-state index in [0.717, 1.165) is 17.6 Å². The summed E-state index contributed by atoms with van der Waals surface area (Å²) in [7, 11) is -3.23. The van der Waals surface area contributed by atoms with E-state index in [0.29, 0.717) is 4.91 Å². The predicted octanol–water partition coefficient (Wildman–Crippen LogP) is 2.92. The van der Waals surface area contributed by atoms with Crippen molar-refractivity contribution in [3.63, 3.8) is 0 Å². The van der Waals surface area contributed by atoms with Crippen LogP contribution in [-0.4, -0.2) is 25.7 Å². The molecule has 0 aromatic rings. The van der Waals surface area contributed by atoms with Gasteiger partial charge in [0.2, 0.25) is 0 Å². The summed E-state index contributed by atoms with van der Waals surface area (Å²) in [5.41, 5.74) is 0. The van der Waals surface area contributed by atoms with Gasteiger partial charge in [-0.3, -0.25) is 4.79 Å². The highest BCUT2D eigenvalue weighted by Crippen LogP contribution is 2.25. The Morgan fingerprint density at radius 2 is 1.82 bits per heavy atom. The van der Waals surface area contributed by atoms with Crippen molar-refractivity contribution in [1.82, 2.24) is 0 Å². The molecule has 0 radical (unpaired) electrons. The fraction of sp³-hybridized carbons (Fsp3) is 0.750. The van der Waals surface area contributed by atoms with E-state index in [1.807, 2.05) is 0 Å². The molecule has 0 bridgehead atoms. The normalized spacial score (nSPS) is 18.4. The standard InChI is InChI=1S/C12H20O3S2/c1-2-3-4-5-6-7-8-16-12-10-17(14,15)9-11(12)13/h10H,2-9H2,1H3. The van der Waals surface area contributed by atoms with Gasteiger partial charge >= 0.3 is 0 Å². The minimum Gasteiger partial charge on any atom is -0.292 e. The summed E-state index contributed by atoms with van der Waals surface area (Å²) in [6.45, 7) is 2.19. The first-order valence-corrected chi connectivity index (χ1v) is 8.85. The van der Waals surface area contributed by atoms with Crippen LogP contribution in [0.1, 0.15) is 45.4 Å². The highest BCUT2D eigenvalue weighted by molar-refractivity contribution is 8.06. The Morgan fingerprint density at radius 1 is 1.18 bits per heavy atom. The third-order valence-corrected chi connectivity index (χ3v) is 5.21. The lowest BCUT2D eigenvalue weighted by molar-refractivity contribution is -0.112. The van der Waals surface area contributed by atoms with Crippen LogP contribution in [0.4, 0.5) is 0 Å². The zero-order valence-electron chi connectivity index (χ0n) is 10.3. The molecular formula is C12H20O3S2. The molecule has 0 atom stereocenters. The lowest BCUT2D eigenvalue weighted by Crippen LogP contribution is -2.04. The fourth-order valence-corrected chi connectivity index (χ4v) is 4.37. The Labute approximate surface area is 108 Å². The zero-order chi connectivity index (χ0) is 12.7. The van der Waals surface area contributed by atoms with Crippen LogP contribution in [0, 0.1) is 0 Å². The van der Waals surface area contributed by atoms with Crippen LogP contribution in [0.5, 0.6) is 0 Å². The quantitative estimate of drug-likeness (QED) is 0.640. The molecule has 0 saturated carbocycles. The second kappa shape index (κ2) is 7.21. The largest absolute Gasteiger partial charge is 0.292 e. The number of Topliss-reactive ketones (excluding diaryl/α,β-unsaturated/α-hetero) is 1. The molecular weight excluding hydrogens is 256 g/mol. The second-order valence-electron chi connectivity index (χ2n) is 4.33. The van der Waals surface area contributed by atoms with Crippen LogP contribution < -0.4 is 0 Å². The molecule has 3 nitrogen and oxygen atoms in total. The van der Waals surface area contributed by atoms with Gasteiger partial charge in [0.05, 0.1) is 4.91 Å². The molecule has 1 rings (SSSR count). The molecule has 0 N–H and O–H groups in total. The van der Waals surface area contributed by atoms with Gasteiger partial charge in [-0.05, 0) is 12.2 Å². The van der Waals surface area contributed by atoms with Crippen molar-refractivity contribution >= 4 is 27.4 Å². The molecule has 98 valence electrons. The Hall–Kier alpha value is -0.290. The van der Waals surface area contributed by atoms with Gasteiger partial charge in [0.25, 0.3) is 0 Å². The number of unbranched alkanes of at least 4 members (excludes halogenated alkanes) is 5. The molecule has 0 amide bonds. The van der Waals surface area contributed by atoms with Gasteiger partial charge in [-0.1, -0.05) is 39.0 Å². The molecule has 1 aliphatic heterocycles. The monoisotopic (exact) mass is 276 g/mol. The summed E-state index contributed by atoms with van der Waals surface area (Å²) < 4.78 is 22.3. The predicted molar refractivity (Wildman–Crippen MR) is 72.7 cm³/mol. The van der Waals surface area contributed by atoms with Crippen LogP contribution in [0.15, 0.2) is 10.3 Å². The molecule has 0 spiro atoms. The highest BCUT2D eigenvalue weighted by atomic mass is 32.2. The second-order valence-corrected chi connectivity index (χ2v) is 7.32. The van der Waals surface area contributed by atoms with Gasteiger partial charge in [-0.25, -0.2) is 8.42 Å². The topological polar surface area (TPSA) is 51.2 Å². The molecule has 0 fully saturated rings. The van der Waals surface area contributed by atoms with Crippen LogP contribution >= 0.6 is 11.8 Å². The first kappa shape index (κ1) is 14.8. The maximum absolute atomic E-state index is 11.3. The van der Waals surface area contributed by atoms with Gasteiger partial charge in [0, 0.05) is 5.41 Å². The number of hydrogen-bond acceptors (Lipinski definition) is 4. The number of carbonyl (C=O) groups is 1. The van der Waals surface area contributed by atoms with E-state index in [4.69, 9.17) is 0 Å². The molecule has 17 heavy (non-hydrogen) atoms. The van der Waals surface area contributed by atoms with Crippen LogP contribution in [0.2, 0.25) is 0 Å². The third kappa shape index (κ3) is 5.73. The smallest absolute Gasteiger partial charge is 0.185 e. The number of hydrogen-bond donors (Lipinski definition) is 0. The summed E-state index contributed by atoms with van der Waals surface area (Å²) in [5.74, 6) is 0.284. The number of carbonyl (C=O) groups excluding carboxylic acids is 1. The number of thioether (sulfide) groups is 1. The lowest BCUT2D eigenvalue weighted by atomic mass is 10.1. The van der Waals surface area contributed by atoms with Gasteiger partial charge < -0.3 is 0 Å². The van der Waals surface area contributed by atoms with Crippen molar-refractivity contribution in [3.05, 3.63) is 10.3 Å². The van der Waals surface area contributed by atoms with E-state index >= 15 is 0 Å². The van der Waals surface area contributed by atoms with Crippen molar-refractivity contribution in [2.75, 3.05) is 11.5 Å². The number of allylic oxidation sites excluding steroid dienone is 1. The molecule has 0 saturated heterocycles. The Morgan fingerprint density at radius 3 is 2.41 bits per heavy atom. The van der Waals surface area contributed by atoms with Crippen LogP contribution in [0.3, 0.4) is 0 Å². The number of rotatable bonds is 8. The molecule has 0 aromatic carbocycles. The highest BCUT2D eigenvalue weighted by Gasteiger charge is 2.27. The summed E-state index contributed by atoms with van der Waals surface area (Å²) in [5, 5.41) is 1.14. The first-order valence-electron chi connectivity index (χ1n) is 6.15. The third-order valence-electron chi connectivity index (χ3n) is 2.65. The van der Waals surface area contributed by atoms with Crippen molar-refractivity contribution in [3.8, 4) is 0 Å². The molecule has 0 unspecified atom stereocenters. The average molecular weight is 276 g/mol. The van der Waals surface area contributed by atoms with E-state index in [1.54, 1.807) is 0 Å².